The minimum Gasteiger partial charge on any atom is -0.369 e. The van der Waals surface area contributed by atoms with Crippen molar-refractivity contribution in [3.63, 3.8) is 0 Å². The molecule has 6 nitrogen and oxygen atoms in total. The fourth-order valence-electron chi connectivity index (χ4n) is 3.34. The molecule has 1 aromatic carbocycles. The van der Waals surface area contributed by atoms with Crippen molar-refractivity contribution in [3.05, 3.63) is 48.0 Å². The molecule has 0 aliphatic carbocycles. The summed E-state index contributed by atoms with van der Waals surface area (Å²) in [6.07, 6.45) is 0. The molecule has 7 heteroatoms. The molecule has 0 aliphatic rings. The first-order valence-corrected chi connectivity index (χ1v) is 9.67. The maximum atomic E-state index is 13.8. The number of imidazole rings is 2. The maximum Gasteiger partial charge on any atom is 0.202 e. The van der Waals surface area contributed by atoms with Crippen LogP contribution in [-0.4, -0.2) is 24.5 Å². The molecule has 0 saturated heterocycles. The van der Waals surface area contributed by atoms with Crippen LogP contribution in [0.4, 0.5) is 10.3 Å². The van der Waals surface area contributed by atoms with E-state index in [4.69, 9.17) is 18.1 Å². The molecule has 0 saturated carbocycles. The van der Waals surface area contributed by atoms with Crippen molar-refractivity contribution in [3.8, 4) is 22.6 Å². The number of nitrogen functional groups attached to an aromatic ring is 1. The topological polar surface area (TPSA) is 85.4 Å². The monoisotopic (exact) mass is 445 g/mol. The molecule has 0 fully saturated rings. The van der Waals surface area contributed by atoms with Crippen LogP contribution in [-0.2, 0) is 12.0 Å². The fraction of sp³-hybridized carbons (Fsp3) is 0.400. The highest BCUT2D eigenvalue weighted by atomic mass is 19.1. The number of nitrogens with zero attached hydrogens (tertiary/aromatic N) is 4. The number of hydrogen-bond acceptors (Lipinski definition) is 4. The molecule has 3 heterocycles. The summed E-state index contributed by atoms with van der Waals surface area (Å²) in [4.78, 5) is 16.0. The number of pyridine rings is 1. The van der Waals surface area contributed by atoms with Crippen LogP contribution >= 0.6 is 0 Å². The summed E-state index contributed by atoms with van der Waals surface area (Å²) in [7, 11) is 0. The van der Waals surface area contributed by atoms with Gasteiger partial charge >= 0.3 is 0 Å². The first-order valence-electron chi connectivity index (χ1n) is 14.2. The van der Waals surface area contributed by atoms with Crippen LogP contribution in [0.1, 0.15) is 66.9 Å². The summed E-state index contributed by atoms with van der Waals surface area (Å²) in [6, 6.07) is 8.19. The van der Waals surface area contributed by atoms with E-state index in [0.29, 0.717) is 17.7 Å². The molecule has 3 N–H and O–H groups in total. The minimum atomic E-state index is -3.53. The molecule has 170 valence electrons. The average Bonchev–Trinajstić information content (AvgIpc) is 3.32. The highest BCUT2D eigenvalue weighted by Gasteiger charge is 2.24. The summed E-state index contributed by atoms with van der Waals surface area (Å²) >= 11 is 0. The third kappa shape index (κ3) is 4.52. The lowest BCUT2D eigenvalue weighted by Gasteiger charge is -2.19. The summed E-state index contributed by atoms with van der Waals surface area (Å²) in [6.45, 7) is -4.11. The minimum absolute atomic E-state index is 0. The van der Waals surface area contributed by atoms with Gasteiger partial charge in [-0.05, 0) is 41.8 Å². The van der Waals surface area contributed by atoms with E-state index >= 15 is 0 Å². The number of anilines is 1. The molecule has 0 bridgehead atoms. The van der Waals surface area contributed by atoms with Crippen molar-refractivity contribution in [2.75, 3.05) is 5.73 Å². The van der Waals surface area contributed by atoms with Gasteiger partial charge in [-0.3, -0.25) is 4.57 Å². The fourth-order valence-corrected chi connectivity index (χ4v) is 3.34. The first-order chi connectivity index (χ1) is 18.2. The Morgan fingerprint density at radius 2 is 1.72 bits per heavy atom. The molecule has 0 radical (unpaired) electrons. The van der Waals surface area contributed by atoms with E-state index in [1.165, 1.54) is 12.1 Å². The lowest BCUT2D eigenvalue weighted by Crippen LogP contribution is -2.17. The molecule has 0 aliphatic heterocycles. The van der Waals surface area contributed by atoms with E-state index in [1.807, 2.05) is 20.8 Å². The van der Waals surface area contributed by atoms with Crippen molar-refractivity contribution in [2.24, 2.45) is 5.41 Å². The number of nitrogens with one attached hydrogen (secondary N) is 1. The van der Waals surface area contributed by atoms with Crippen molar-refractivity contribution >= 4 is 17.1 Å². The Bertz CT molecular complexity index is 1510. The number of rotatable bonds is 3. The van der Waals surface area contributed by atoms with Gasteiger partial charge < -0.3 is 10.7 Å². The average molecular weight is 446 g/mol. The highest BCUT2D eigenvalue weighted by Crippen LogP contribution is 2.34. The van der Waals surface area contributed by atoms with Crippen LogP contribution in [0.15, 0.2) is 36.4 Å². The van der Waals surface area contributed by atoms with E-state index in [0.717, 1.165) is 12.1 Å². The van der Waals surface area contributed by atoms with Crippen molar-refractivity contribution in [1.29, 1.82) is 0 Å². The van der Waals surface area contributed by atoms with Crippen LogP contribution < -0.4 is 5.73 Å². The zero-order valence-electron chi connectivity index (χ0n) is 26.4. The van der Waals surface area contributed by atoms with E-state index in [9.17, 15) is 4.39 Å². The van der Waals surface area contributed by atoms with Gasteiger partial charge in [-0.1, -0.05) is 48.8 Å². The second kappa shape index (κ2) is 8.04. The van der Waals surface area contributed by atoms with Crippen LogP contribution in [0.5, 0.6) is 0 Å². The number of aromatic amines is 1. The van der Waals surface area contributed by atoms with Gasteiger partial charge in [0.25, 0.3) is 0 Å². The van der Waals surface area contributed by atoms with Gasteiger partial charge in [-0.2, -0.15) is 0 Å². The number of hydrogen-bond donors (Lipinski definition) is 2. The molecule has 4 rings (SSSR count). The molecule has 4 aromatic rings. The van der Waals surface area contributed by atoms with E-state index in [1.54, 1.807) is 16.7 Å². The summed E-state index contributed by atoms with van der Waals surface area (Å²) in [5, 5.41) is 0. The molecule has 0 amide bonds. The number of halogens is 1. The Balaban J connectivity index is 0.00000462. The van der Waals surface area contributed by atoms with Gasteiger partial charge in [0.05, 0.1) is 17.1 Å². The number of nitrogens with two attached hydrogens (primary N) is 1. The Labute approximate surface area is 201 Å². The summed E-state index contributed by atoms with van der Waals surface area (Å²) in [5.74, 6) is -1.11. The standard InChI is InChI=1S/C24H29FN6.CH4/c1-23(2,3)13-31-20-17(28-22(31)26)12-11-16(27-20)19-18(14-7-9-15(25)10-8-14)29-21(30-19)24(4,5)6;/h7-12H,13H2,1-6H3,(H2,26,28)(H,29,30);1H4/i4D3,5D3,6D3;. The van der Waals surface area contributed by atoms with Crippen LogP contribution in [0, 0.1) is 11.2 Å². The van der Waals surface area contributed by atoms with Gasteiger partial charge in [0.2, 0.25) is 5.95 Å². The quantitative estimate of drug-likeness (QED) is 0.394. The Kier molecular flexibility index (Phi) is 3.53. The van der Waals surface area contributed by atoms with Crippen molar-refractivity contribution in [2.45, 2.75) is 60.7 Å². The Morgan fingerprint density at radius 3 is 2.34 bits per heavy atom. The van der Waals surface area contributed by atoms with Crippen LogP contribution in [0.2, 0.25) is 0 Å². The molecule has 0 unspecified atom stereocenters. The molecular weight excluding hydrogens is 403 g/mol. The van der Waals surface area contributed by atoms with Gasteiger partial charge in [0.15, 0.2) is 5.65 Å². The predicted molar refractivity (Wildman–Crippen MR) is 130 cm³/mol. The second-order valence-electron chi connectivity index (χ2n) is 8.72. The zero-order chi connectivity index (χ0) is 30.1. The molecule has 0 spiro atoms. The first kappa shape index (κ1) is 14.0. The molecular formula is C25H33FN6. The lowest BCUT2D eigenvalue weighted by molar-refractivity contribution is 0.350. The number of fused-ring (bicyclic) bond motifs is 1. The Hall–Kier alpha value is -3.22. The van der Waals surface area contributed by atoms with Gasteiger partial charge in [0, 0.05) is 29.9 Å². The number of aromatic nitrogens is 5. The van der Waals surface area contributed by atoms with Crippen LogP contribution in [0.25, 0.3) is 33.8 Å². The number of H-pyrrole nitrogens is 1. The normalized spacial score (nSPS) is 17.6. The van der Waals surface area contributed by atoms with E-state index in [2.05, 4.69) is 19.9 Å². The molecule has 3 aromatic heterocycles. The lowest BCUT2D eigenvalue weighted by atomic mass is 9.96. The Morgan fingerprint density at radius 1 is 1.03 bits per heavy atom. The third-order valence-electron chi connectivity index (χ3n) is 4.69. The van der Waals surface area contributed by atoms with E-state index < -0.39 is 37.6 Å². The second-order valence-corrected chi connectivity index (χ2v) is 8.72. The van der Waals surface area contributed by atoms with Gasteiger partial charge in [-0.25, -0.2) is 19.3 Å². The van der Waals surface area contributed by atoms with Crippen LogP contribution in [0.3, 0.4) is 0 Å². The summed E-state index contributed by atoms with van der Waals surface area (Å²) < 4.78 is 88.3. The van der Waals surface area contributed by atoms with Gasteiger partial charge in [0.1, 0.15) is 17.2 Å². The smallest absolute Gasteiger partial charge is 0.202 e. The highest BCUT2D eigenvalue weighted by molar-refractivity contribution is 5.82. The third-order valence-corrected chi connectivity index (χ3v) is 4.69. The van der Waals surface area contributed by atoms with Gasteiger partial charge in [-0.15, -0.1) is 0 Å². The largest absolute Gasteiger partial charge is 0.369 e. The maximum absolute atomic E-state index is 13.8. The van der Waals surface area contributed by atoms with Crippen molar-refractivity contribution in [1.82, 2.24) is 24.5 Å². The molecule has 0 atom stereocenters. The summed E-state index contributed by atoms with van der Waals surface area (Å²) in [5.41, 5.74) is 3.99. The predicted octanol–water partition coefficient (Wildman–Crippen LogP) is 6.19. The van der Waals surface area contributed by atoms with E-state index in [-0.39, 0.29) is 41.4 Å². The molecule has 32 heavy (non-hydrogen) atoms. The van der Waals surface area contributed by atoms with Crippen molar-refractivity contribution < 1.29 is 16.7 Å². The SMILES string of the molecule is C.[2H]C([2H])([2H])C(c1nc(-c2ccc(F)cc2)c(-c2ccc3nc(N)n(CC(C)(C)C)c3n2)[nH]1)(C([2H])([2H])[2H])C([2H])([2H])[2H]. The zero-order valence-corrected chi connectivity index (χ0v) is 17.4. The number of benzene rings is 1.